The summed E-state index contributed by atoms with van der Waals surface area (Å²) in [5.74, 6) is -1.54. The fraction of sp³-hybridized carbons (Fsp3) is 0.500. The van der Waals surface area contributed by atoms with Crippen molar-refractivity contribution in [2.24, 2.45) is 5.92 Å². The van der Waals surface area contributed by atoms with Crippen molar-refractivity contribution < 1.29 is 18.0 Å². The molecule has 5 nitrogen and oxygen atoms in total. The number of aromatic nitrogens is 2. The van der Waals surface area contributed by atoms with Gasteiger partial charge in [0, 0.05) is 17.5 Å². The average Bonchev–Trinajstić information content (AvgIpc) is 3.15. The minimum absolute atomic E-state index is 0.0548. The Kier molecular flexibility index (Phi) is 4.28. The Morgan fingerprint density at radius 1 is 1.42 bits per heavy atom. The van der Waals surface area contributed by atoms with Crippen molar-refractivity contribution in [3.8, 4) is 10.6 Å². The maximum Gasteiger partial charge on any atom is 0.394 e. The lowest BCUT2D eigenvalue weighted by molar-refractivity contribution is -0.189. The highest BCUT2D eigenvalue weighted by Crippen LogP contribution is 2.44. The van der Waals surface area contributed by atoms with Gasteiger partial charge in [0.25, 0.3) is 0 Å². The van der Waals surface area contributed by atoms with Gasteiger partial charge in [0.2, 0.25) is 5.13 Å². The number of carbonyl (C=O) groups excluding carboxylic acids is 1. The van der Waals surface area contributed by atoms with Crippen molar-refractivity contribution in [3.05, 3.63) is 16.8 Å². The molecule has 10 heteroatoms. The summed E-state index contributed by atoms with van der Waals surface area (Å²) in [6, 6.07) is 1.30. The second-order valence-electron chi connectivity index (χ2n) is 6.04. The van der Waals surface area contributed by atoms with Crippen molar-refractivity contribution in [2.45, 2.75) is 32.0 Å². The highest BCUT2D eigenvalue weighted by molar-refractivity contribution is 7.19. The summed E-state index contributed by atoms with van der Waals surface area (Å²) in [4.78, 5) is 13.6. The Hall–Kier alpha value is -1.68. The summed E-state index contributed by atoms with van der Waals surface area (Å²) in [7, 11) is 0. The van der Waals surface area contributed by atoms with E-state index in [0.717, 1.165) is 5.56 Å². The first-order valence-electron chi connectivity index (χ1n) is 7.21. The van der Waals surface area contributed by atoms with Gasteiger partial charge in [0.1, 0.15) is 5.01 Å². The first-order chi connectivity index (χ1) is 11.2. The third-order valence-electron chi connectivity index (χ3n) is 4.24. The van der Waals surface area contributed by atoms with Gasteiger partial charge in [-0.3, -0.25) is 5.32 Å². The molecule has 1 N–H and O–H groups in total. The van der Waals surface area contributed by atoms with Crippen LogP contribution < -0.4 is 5.32 Å². The van der Waals surface area contributed by atoms with Gasteiger partial charge in [0.05, 0.1) is 11.5 Å². The van der Waals surface area contributed by atoms with E-state index >= 15 is 0 Å². The molecule has 2 aromatic heterocycles. The van der Waals surface area contributed by atoms with E-state index in [9.17, 15) is 18.0 Å². The number of amides is 2. The van der Waals surface area contributed by atoms with Crippen molar-refractivity contribution in [1.82, 2.24) is 15.1 Å². The number of hydrogen-bond donors (Lipinski definition) is 1. The number of likely N-dealkylation sites (tertiary alicyclic amines) is 1. The Labute approximate surface area is 144 Å². The number of rotatable bonds is 2. The average molecular weight is 376 g/mol. The smallest absolute Gasteiger partial charge is 0.319 e. The molecule has 0 saturated carbocycles. The van der Waals surface area contributed by atoms with Crippen LogP contribution in [-0.2, 0) is 0 Å². The largest absolute Gasteiger partial charge is 0.394 e. The van der Waals surface area contributed by atoms with E-state index < -0.39 is 23.7 Å². The molecule has 24 heavy (non-hydrogen) atoms. The van der Waals surface area contributed by atoms with E-state index in [0.29, 0.717) is 5.01 Å². The van der Waals surface area contributed by atoms with Gasteiger partial charge in [-0.1, -0.05) is 11.3 Å². The van der Waals surface area contributed by atoms with Crippen LogP contribution >= 0.6 is 22.7 Å². The molecule has 0 unspecified atom stereocenters. The fourth-order valence-corrected chi connectivity index (χ4v) is 4.40. The van der Waals surface area contributed by atoms with Crippen LogP contribution in [0.3, 0.4) is 0 Å². The van der Waals surface area contributed by atoms with Crippen LogP contribution in [0, 0.1) is 5.92 Å². The molecule has 1 fully saturated rings. The molecular formula is C14H15F3N4OS2. The number of halogens is 3. The lowest BCUT2D eigenvalue weighted by Gasteiger charge is -2.36. The summed E-state index contributed by atoms with van der Waals surface area (Å²) >= 11 is 2.70. The van der Waals surface area contributed by atoms with Gasteiger partial charge in [0.15, 0.2) is 0 Å². The van der Waals surface area contributed by atoms with Gasteiger partial charge in [-0.25, -0.2) is 4.79 Å². The molecular weight excluding hydrogens is 361 g/mol. The summed E-state index contributed by atoms with van der Waals surface area (Å²) in [5.41, 5.74) is -0.403. The molecule has 0 bridgehead atoms. The molecule has 3 rings (SSSR count). The predicted molar refractivity (Wildman–Crippen MR) is 87.2 cm³/mol. The molecule has 2 amide bonds. The fourth-order valence-electron chi connectivity index (χ4n) is 2.95. The van der Waals surface area contributed by atoms with E-state index in [2.05, 4.69) is 15.5 Å². The summed E-state index contributed by atoms with van der Waals surface area (Å²) < 4.78 is 39.3. The zero-order valence-corrected chi connectivity index (χ0v) is 14.6. The van der Waals surface area contributed by atoms with Gasteiger partial charge in [-0.2, -0.15) is 24.5 Å². The lowest BCUT2D eigenvalue weighted by atomic mass is 9.88. The summed E-state index contributed by atoms with van der Waals surface area (Å²) in [5, 5.41) is 15.2. The second-order valence-corrected chi connectivity index (χ2v) is 7.80. The maximum absolute atomic E-state index is 13.1. The van der Waals surface area contributed by atoms with E-state index in [4.69, 9.17) is 0 Å². The van der Waals surface area contributed by atoms with Gasteiger partial charge < -0.3 is 4.90 Å². The van der Waals surface area contributed by atoms with E-state index in [-0.39, 0.29) is 18.1 Å². The Bertz CT molecular complexity index is 727. The number of nitrogens with zero attached hydrogens (tertiary/aromatic N) is 3. The van der Waals surface area contributed by atoms with Crippen molar-refractivity contribution in [3.63, 3.8) is 0 Å². The first kappa shape index (κ1) is 17.2. The van der Waals surface area contributed by atoms with Crippen molar-refractivity contribution in [1.29, 1.82) is 0 Å². The molecule has 1 atom stereocenters. The number of nitrogens with one attached hydrogen (secondary N) is 1. The predicted octanol–water partition coefficient (Wildman–Crippen LogP) is 4.46. The van der Waals surface area contributed by atoms with Gasteiger partial charge in [-0.15, -0.1) is 10.2 Å². The van der Waals surface area contributed by atoms with Crippen LogP contribution in [0.15, 0.2) is 16.8 Å². The molecule has 0 aliphatic carbocycles. The summed E-state index contributed by atoms with van der Waals surface area (Å²) in [6.45, 7) is 2.93. The van der Waals surface area contributed by atoms with Crippen molar-refractivity contribution in [2.75, 3.05) is 11.9 Å². The van der Waals surface area contributed by atoms with Gasteiger partial charge >= 0.3 is 12.2 Å². The molecule has 1 aliphatic rings. The van der Waals surface area contributed by atoms with Crippen LogP contribution in [-0.4, -0.2) is 39.4 Å². The molecule has 2 aromatic rings. The Morgan fingerprint density at radius 3 is 2.75 bits per heavy atom. The standard InChI is InChI=1S/C14H15F3N4OS2/c1-13(2)9(14(15,16)17)3-5-21(13)12(22)18-11-20-19-10(24-11)8-4-6-23-7-8/h4,6-7,9H,3,5H2,1-2H3,(H,18,20,22)/t9-/m0/s1. The molecule has 0 spiro atoms. The minimum atomic E-state index is -4.33. The van der Waals surface area contributed by atoms with E-state index in [1.54, 1.807) is 0 Å². The second kappa shape index (κ2) is 5.99. The number of alkyl halides is 3. The minimum Gasteiger partial charge on any atom is -0.319 e. The Balaban J connectivity index is 1.72. The SMILES string of the molecule is CC1(C)[C@@H](C(F)(F)F)CCN1C(=O)Nc1nnc(-c2ccsc2)s1. The molecule has 0 aromatic carbocycles. The number of thiophene rings is 1. The highest BCUT2D eigenvalue weighted by Gasteiger charge is 2.56. The molecule has 0 radical (unpaired) electrons. The quantitative estimate of drug-likeness (QED) is 0.842. The van der Waals surface area contributed by atoms with Crippen LogP contribution in [0.1, 0.15) is 20.3 Å². The Morgan fingerprint density at radius 2 is 2.17 bits per heavy atom. The topological polar surface area (TPSA) is 58.1 Å². The maximum atomic E-state index is 13.1. The number of urea groups is 1. The van der Waals surface area contributed by atoms with E-state index in [1.165, 1.54) is 41.4 Å². The number of hydrogen-bond acceptors (Lipinski definition) is 5. The zero-order valence-electron chi connectivity index (χ0n) is 12.9. The van der Waals surface area contributed by atoms with Crippen LogP contribution in [0.4, 0.5) is 23.1 Å². The highest BCUT2D eigenvalue weighted by atomic mass is 32.1. The molecule has 1 saturated heterocycles. The van der Waals surface area contributed by atoms with E-state index in [1.807, 2.05) is 16.8 Å². The van der Waals surface area contributed by atoms with Gasteiger partial charge in [-0.05, 0) is 31.7 Å². The summed E-state index contributed by atoms with van der Waals surface area (Å²) in [6.07, 6.45) is -4.42. The van der Waals surface area contributed by atoms with Crippen LogP contribution in [0.25, 0.3) is 10.6 Å². The normalized spacial score (nSPS) is 20.4. The number of carbonyl (C=O) groups is 1. The third kappa shape index (κ3) is 3.12. The first-order valence-corrected chi connectivity index (χ1v) is 8.97. The zero-order chi connectivity index (χ0) is 17.5. The van der Waals surface area contributed by atoms with Crippen LogP contribution in [0.2, 0.25) is 0 Å². The lowest BCUT2D eigenvalue weighted by Crippen LogP contribution is -2.51. The number of anilines is 1. The molecule has 3 heterocycles. The monoisotopic (exact) mass is 376 g/mol. The van der Waals surface area contributed by atoms with Crippen LogP contribution in [0.5, 0.6) is 0 Å². The third-order valence-corrected chi connectivity index (χ3v) is 5.81. The molecule has 1 aliphatic heterocycles. The molecule has 130 valence electrons. The van der Waals surface area contributed by atoms with Crippen molar-refractivity contribution >= 4 is 33.8 Å².